The second-order valence-corrected chi connectivity index (χ2v) is 4.81. The molecule has 0 spiro atoms. The molecule has 0 amide bonds. The van der Waals surface area contributed by atoms with Crippen LogP contribution in [0.1, 0.15) is 18.1 Å². The molecule has 1 heteroatoms. The van der Waals surface area contributed by atoms with E-state index in [-0.39, 0.29) is 6.04 Å². The van der Waals surface area contributed by atoms with E-state index in [9.17, 15) is 0 Å². The maximum atomic E-state index is 5.88. The van der Waals surface area contributed by atoms with Gasteiger partial charge in [-0.25, -0.2) is 0 Å². The number of nitrogens with two attached hydrogens (primary N) is 1. The van der Waals surface area contributed by atoms with E-state index in [2.05, 4.69) is 62.0 Å². The molecular weight excluding hydrogens is 230 g/mol. The zero-order valence-electron chi connectivity index (χ0n) is 11.5. The topological polar surface area (TPSA) is 26.0 Å². The van der Waals surface area contributed by atoms with Crippen LogP contribution in [-0.4, -0.2) is 6.04 Å². The number of hydrogen-bond acceptors (Lipinski definition) is 1. The first-order chi connectivity index (χ1) is 9.24. The zero-order valence-corrected chi connectivity index (χ0v) is 11.5. The monoisotopic (exact) mass is 251 g/mol. The molecule has 0 aromatic heterocycles. The minimum atomic E-state index is 0.0359. The van der Waals surface area contributed by atoms with Crippen LogP contribution in [0.3, 0.4) is 0 Å². The SMILES string of the molecule is C=CC(N)Cc1ccc(-c2ccccc2CC)cc1. The van der Waals surface area contributed by atoms with Gasteiger partial charge in [0.05, 0.1) is 0 Å². The van der Waals surface area contributed by atoms with Gasteiger partial charge in [-0.3, -0.25) is 0 Å². The summed E-state index contributed by atoms with van der Waals surface area (Å²) in [6.07, 6.45) is 3.69. The van der Waals surface area contributed by atoms with Crippen LogP contribution >= 0.6 is 0 Å². The zero-order chi connectivity index (χ0) is 13.7. The number of rotatable bonds is 5. The normalized spacial score (nSPS) is 12.1. The van der Waals surface area contributed by atoms with Gasteiger partial charge in [-0.2, -0.15) is 0 Å². The molecule has 2 aromatic carbocycles. The number of benzene rings is 2. The third-order valence-corrected chi connectivity index (χ3v) is 3.44. The molecule has 2 rings (SSSR count). The van der Waals surface area contributed by atoms with E-state index < -0.39 is 0 Å². The van der Waals surface area contributed by atoms with Crippen LogP contribution in [0.4, 0.5) is 0 Å². The minimum Gasteiger partial charge on any atom is -0.324 e. The van der Waals surface area contributed by atoms with Gasteiger partial charge in [0, 0.05) is 6.04 Å². The van der Waals surface area contributed by atoms with Gasteiger partial charge in [0.15, 0.2) is 0 Å². The highest BCUT2D eigenvalue weighted by Gasteiger charge is 2.04. The standard InChI is InChI=1S/C18H21N/c1-3-15-7-5-6-8-18(15)16-11-9-14(10-12-16)13-17(19)4-2/h4-12,17H,2-3,13,19H2,1H3. The quantitative estimate of drug-likeness (QED) is 0.799. The summed E-state index contributed by atoms with van der Waals surface area (Å²) in [5.74, 6) is 0. The molecule has 1 atom stereocenters. The third kappa shape index (κ3) is 3.33. The van der Waals surface area contributed by atoms with E-state index in [0.29, 0.717) is 0 Å². The van der Waals surface area contributed by atoms with Gasteiger partial charge in [0.2, 0.25) is 0 Å². The molecule has 2 N–H and O–H groups in total. The fourth-order valence-electron chi connectivity index (χ4n) is 2.29. The molecule has 0 aliphatic carbocycles. The molecule has 19 heavy (non-hydrogen) atoms. The fraction of sp³-hybridized carbons (Fsp3) is 0.222. The second kappa shape index (κ2) is 6.35. The van der Waals surface area contributed by atoms with E-state index in [1.165, 1.54) is 22.3 Å². The number of hydrogen-bond donors (Lipinski definition) is 1. The van der Waals surface area contributed by atoms with Crippen LogP contribution in [-0.2, 0) is 12.8 Å². The summed E-state index contributed by atoms with van der Waals surface area (Å²) in [6, 6.07) is 17.3. The summed E-state index contributed by atoms with van der Waals surface area (Å²) in [5.41, 5.74) is 11.1. The van der Waals surface area contributed by atoms with Crippen molar-refractivity contribution >= 4 is 0 Å². The summed E-state index contributed by atoms with van der Waals surface area (Å²) >= 11 is 0. The van der Waals surface area contributed by atoms with Crippen molar-refractivity contribution in [1.29, 1.82) is 0 Å². The summed E-state index contributed by atoms with van der Waals surface area (Å²) < 4.78 is 0. The Bertz CT molecular complexity index is 540. The highest BCUT2D eigenvalue weighted by molar-refractivity contribution is 5.67. The smallest absolute Gasteiger partial charge is 0.0262 e. The van der Waals surface area contributed by atoms with Crippen molar-refractivity contribution < 1.29 is 0 Å². The van der Waals surface area contributed by atoms with Crippen molar-refractivity contribution in [3.05, 3.63) is 72.3 Å². The predicted octanol–water partition coefficient (Wildman–Crippen LogP) is 3.97. The van der Waals surface area contributed by atoms with Gasteiger partial charge in [-0.1, -0.05) is 61.5 Å². The highest BCUT2D eigenvalue weighted by Crippen LogP contribution is 2.24. The lowest BCUT2D eigenvalue weighted by Crippen LogP contribution is -2.19. The molecule has 0 radical (unpaired) electrons. The Morgan fingerprint density at radius 1 is 1.11 bits per heavy atom. The van der Waals surface area contributed by atoms with Crippen molar-refractivity contribution in [1.82, 2.24) is 0 Å². The van der Waals surface area contributed by atoms with Gasteiger partial charge in [0.1, 0.15) is 0 Å². The first kappa shape index (κ1) is 13.6. The van der Waals surface area contributed by atoms with Crippen LogP contribution in [0.15, 0.2) is 61.2 Å². The van der Waals surface area contributed by atoms with Gasteiger partial charge < -0.3 is 5.73 Å². The average Bonchev–Trinajstić information content (AvgIpc) is 2.48. The van der Waals surface area contributed by atoms with Crippen LogP contribution in [0.25, 0.3) is 11.1 Å². The Morgan fingerprint density at radius 2 is 1.79 bits per heavy atom. The van der Waals surface area contributed by atoms with Gasteiger partial charge in [0.25, 0.3) is 0 Å². The molecule has 2 aromatic rings. The molecule has 1 nitrogen and oxygen atoms in total. The third-order valence-electron chi connectivity index (χ3n) is 3.44. The summed E-state index contributed by atoms with van der Waals surface area (Å²) in [5, 5.41) is 0. The van der Waals surface area contributed by atoms with Crippen molar-refractivity contribution in [2.24, 2.45) is 5.73 Å². The first-order valence-electron chi connectivity index (χ1n) is 6.80. The van der Waals surface area contributed by atoms with E-state index >= 15 is 0 Å². The summed E-state index contributed by atoms with van der Waals surface area (Å²) in [4.78, 5) is 0. The molecule has 1 unspecified atom stereocenters. The molecule has 0 fully saturated rings. The summed E-state index contributed by atoms with van der Waals surface area (Å²) in [6.45, 7) is 5.91. The molecule has 0 aliphatic heterocycles. The van der Waals surface area contributed by atoms with Crippen LogP contribution in [0.5, 0.6) is 0 Å². The molecule has 0 bridgehead atoms. The molecular formula is C18H21N. The molecule has 98 valence electrons. The van der Waals surface area contributed by atoms with E-state index in [4.69, 9.17) is 5.73 Å². The lowest BCUT2D eigenvalue weighted by Gasteiger charge is -2.10. The average molecular weight is 251 g/mol. The molecule has 0 saturated carbocycles. The maximum absolute atomic E-state index is 5.88. The van der Waals surface area contributed by atoms with Crippen LogP contribution < -0.4 is 5.73 Å². The molecule has 0 saturated heterocycles. The van der Waals surface area contributed by atoms with Gasteiger partial charge in [-0.05, 0) is 35.1 Å². The summed E-state index contributed by atoms with van der Waals surface area (Å²) in [7, 11) is 0. The van der Waals surface area contributed by atoms with Crippen LogP contribution in [0.2, 0.25) is 0 Å². The number of aryl methyl sites for hydroxylation is 1. The van der Waals surface area contributed by atoms with E-state index in [1.807, 2.05) is 0 Å². The van der Waals surface area contributed by atoms with E-state index in [1.54, 1.807) is 6.08 Å². The molecule has 0 aliphatic rings. The van der Waals surface area contributed by atoms with E-state index in [0.717, 1.165) is 12.8 Å². The van der Waals surface area contributed by atoms with Crippen molar-refractivity contribution in [2.75, 3.05) is 0 Å². The van der Waals surface area contributed by atoms with Crippen molar-refractivity contribution in [3.8, 4) is 11.1 Å². The lowest BCUT2D eigenvalue weighted by atomic mass is 9.96. The fourth-order valence-corrected chi connectivity index (χ4v) is 2.29. The lowest BCUT2D eigenvalue weighted by molar-refractivity contribution is 0.812. The Labute approximate surface area is 115 Å². The largest absolute Gasteiger partial charge is 0.324 e. The van der Waals surface area contributed by atoms with Crippen LogP contribution in [0, 0.1) is 0 Å². The predicted molar refractivity (Wildman–Crippen MR) is 83.1 cm³/mol. The highest BCUT2D eigenvalue weighted by atomic mass is 14.6. The van der Waals surface area contributed by atoms with Crippen molar-refractivity contribution in [3.63, 3.8) is 0 Å². The minimum absolute atomic E-state index is 0.0359. The van der Waals surface area contributed by atoms with Gasteiger partial charge in [-0.15, -0.1) is 6.58 Å². The second-order valence-electron chi connectivity index (χ2n) is 4.81. The Kier molecular flexibility index (Phi) is 4.53. The van der Waals surface area contributed by atoms with Gasteiger partial charge >= 0.3 is 0 Å². The Hall–Kier alpha value is -1.86. The molecule has 0 heterocycles. The first-order valence-corrected chi connectivity index (χ1v) is 6.80. The Balaban J connectivity index is 2.25. The Morgan fingerprint density at radius 3 is 2.42 bits per heavy atom. The van der Waals surface area contributed by atoms with Crippen molar-refractivity contribution in [2.45, 2.75) is 25.8 Å². The maximum Gasteiger partial charge on any atom is 0.0262 e.